The molecule has 4 aliphatic carbocycles. The van der Waals surface area contributed by atoms with Gasteiger partial charge in [0.15, 0.2) is 5.78 Å². The Balaban J connectivity index is 1.46. The van der Waals surface area contributed by atoms with Gasteiger partial charge in [0.1, 0.15) is 23.3 Å². The van der Waals surface area contributed by atoms with Crippen LogP contribution < -0.4 is 5.32 Å². The lowest BCUT2D eigenvalue weighted by Gasteiger charge is -2.56. The van der Waals surface area contributed by atoms with E-state index in [4.69, 9.17) is 9.47 Å². The van der Waals surface area contributed by atoms with Crippen molar-refractivity contribution in [3.05, 3.63) is 58.2 Å². The maximum Gasteiger partial charge on any atom is 0.456 e. The molecule has 0 bridgehead atoms. The van der Waals surface area contributed by atoms with Crippen LogP contribution in [0.15, 0.2) is 47.1 Å². The molecule has 3 unspecified atom stereocenters. The van der Waals surface area contributed by atoms with E-state index in [2.05, 4.69) is 5.32 Å². The Morgan fingerprint density at radius 2 is 1.62 bits per heavy atom. The van der Waals surface area contributed by atoms with Crippen LogP contribution in [0.25, 0.3) is 0 Å². The minimum absolute atomic E-state index is 0.00828. The van der Waals surface area contributed by atoms with Crippen LogP contribution in [-0.2, 0) is 19.1 Å². The van der Waals surface area contributed by atoms with Gasteiger partial charge in [0, 0.05) is 17.8 Å². The number of aliphatic hydroxyl groups is 1. The van der Waals surface area contributed by atoms with Crippen LogP contribution in [0, 0.1) is 23.2 Å². The first-order valence-corrected chi connectivity index (χ1v) is 17.4. The zero-order chi connectivity index (χ0) is 37.2. The first kappa shape index (κ1) is 38.0. The molecule has 2 N–H and O–H groups in total. The number of rotatable bonds is 7. The number of halogens is 5. The molecular formula is C38H48F5NO6. The molecule has 5 rings (SSSR count). The van der Waals surface area contributed by atoms with Crippen LogP contribution in [0.2, 0.25) is 0 Å². The van der Waals surface area contributed by atoms with E-state index >= 15 is 8.78 Å². The highest BCUT2D eigenvalue weighted by Gasteiger charge is 2.79. The number of ether oxygens (including phenoxy) is 2. The number of carbonyl (C=O) groups is 3. The van der Waals surface area contributed by atoms with E-state index in [0.717, 1.165) is 16.7 Å². The summed E-state index contributed by atoms with van der Waals surface area (Å²) in [5.41, 5.74) is -1.70. The molecule has 1 aromatic carbocycles. The molecule has 50 heavy (non-hydrogen) atoms. The molecule has 2 saturated carbocycles. The molecule has 0 saturated heterocycles. The summed E-state index contributed by atoms with van der Waals surface area (Å²) in [6.07, 6.45) is -4.79. The molecule has 12 heteroatoms. The third kappa shape index (κ3) is 6.61. The number of amides is 1. The molecule has 1 amide bonds. The fourth-order valence-electron chi connectivity index (χ4n) is 8.96. The number of allylic oxidation sites excluding steroid dienone is 4. The van der Waals surface area contributed by atoms with Crippen LogP contribution in [-0.4, -0.2) is 52.3 Å². The zero-order valence-corrected chi connectivity index (χ0v) is 29.7. The Labute approximate surface area is 290 Å². The fraction of sp³-hybridized carbons (Fsp3) is 0.658. The molecule has 1 aromatic rings. The van der Waals surface area contributed by atoms with Crippen LogP contribution in [0.3, 0.4) is 0 Å². The van der Waals surface area contributed by atoms with Gasteiger partial charge < -0.3 is 19.9 Å². The van der Waals surface area contributed by atoms with Crippen molar-refractivity contribution in [2.45, 2.75) is 135 Å². The highest BCUT2D eigenvalue weighted by atomic mass is 19.4. The Morgan fingerprint density at radius 1 is 0.980 bits per heavy atom. The van der Waals surface area contributed by atoms with E-state index in [-0.39, 0.29) is 30.5 Å². The van der Waals surface area contributed by atoms with Crippen molar-refractivity contribution >= 4 is 17.8 Å². The van der Waals surface area contributed by atoms with Gasteiger partial charge in [-0.1, -0.05) is 50.6 Å². The van der Waals surface area contributed by atoms with E-state index in [1.165, 1.54) is 6.92 Å². The summed E-state index contributed by atoms with van der Waals surface area (Å²) in [4.78, 5) is 37.9. The van der Waals surface area contributed by atoms with Gasteiger partial charge in [-0.2, -0.15) is 22.0 Å². The van der Waals surface area contributed by atoms with Crippen LogP contribution in [0.4, 0.5) is 26.7 Å². The smallest absolute Gasteiger partial charge is 0.456 e. The minimum Gasteiger partial charge on any atom is -0.456 e. The first-order valence-electron chi connectivity index (χ1n) is 17.4. The van der Waals surface area contributed by atoms with Gasteiger partial charge in [0.25, 0.3) is 0 Å². The van der Waals surface area contributed by atoms with Gasteiger partial charge in [-0.25, -0.2) is 9.59 Å². The van der Waals surface area contributed by atoms with E-state index in [1.54, 1.807) is 71.9 Å². The molecule has 4 aliphatic rings. The van der Waals surface area contributed by atoms with Crippen LogP contribution in [0.1, 0.15) is 117 Å². The standard InChI is InChI=1S/C38H48F5NO6/c1-20(2)31(44-33(47)50-34(4,5)6)32(46)49-21(3)22-8-10-23(11-9-22)28-19-35(7)29(16-17-36(35,48)37(39,40)38(41,42)43)27-14-12-24-18-25(45)13-15-26(24)30(27)28/h8-11,18,20-21,27-29,31,48H,12-17,19H2,1-7H3,(H,44,47)/t21?,27?,28-,29?,31+,35+,36+/m1/s1. The second kappa shape index (κ2) is 13.0. The number of alkyl halides is 5. The number of esters is 1. The van der Waals surface area contributed by atoms with E-state index < -0.39 is 71.2 Å². The zero-order valence-electron chi connectivity index (χ0n) is 29.7. The SMILES string of the molecule is CC(OC(=O)[C@@H](NC(=O)OC(C)(C)C)C(C)C)c1ccc([C@H]2C[C@@]3(C)C(CC[C@@]3(O)C(F)(F)C(F)(F)F)C3CCC4=CC(=O)CCC4=C32)cc1. The van der Waals surface area contributed by atoms with Crippen molar-refractivity contribution in [2.75, 3.05) is 0 Å². The Morgan fingerprint density at radius 3 is 2.20 bits per heavy atom. The largest absolute Gasteiger partial charge is 0.456 e. The third-order valence-electron chi connectivity index (χ3n) is 11.5. The summed E-state index contributed by atoms with van der Waals surface area (Å²) in [6.45, 7) is 11.7. The van der Waals surface area contributed by atoms with Crippen molar-refractivity contribution < 1.29 is 50.9 Å². The highest BCUT2D eigenvalue weighted by molar-refractivity contribution is 5.93. The first-order chi connectivity index (χ1) is 23.0. The van der Waals surface area contributed by atoms with Crippen LogP contribution in [0.5, 0.6) is 0 Å². The quantitative estimate of drug-likeness (QED) is 0.217. The van der Waals surface area contributed by atoms with Crippen molar-refractivity contribution in [3.63, 3.8) is 0 Å². The molecule has 0 aliphatic heterocycles. The lowest BCUT2D eigenvalue weighted by molar-refractivity contribution is -0.362. The number of benzene rings is 1. The normalized spacial score (nSPS) is 29.8. The second-order valence-electron chi connectivity index (χ2n) is 16.1. The number of carbonyl (C=O) groups excluding carboxylic acids is 3. The number of nitrogens with one attached hydrogen (secondary N) is 1. The average Bonchev–Trinajstić information content (AvgIpc) is 3.28. The summed E-state index contributed by atoms with van der Waals surface area (Å²) in [7, 11) is 0. The number of hydrogen-bond acceptors (Lipinski definition) is 6. The second-order valence-corrected chi connectivity index (χ2v) is 16.1. The molecule has 0 heterocycles. The van der Waals surface area contributed by atoms with Gasteiger partial charge in [-0.15, -0.1) is 0 Å². The summed E-state index contributed by atoms with van der Waals surface area (Å²) in [6, 6.07) is 5.99. The number of alkyl carbamates (subject to hydrolysis) is 1. The summed E-state index contributed by atoms with van der Waals surface area (Å²) in [5, 5.41) is 14.1. The summed E-state index contributed by atoms with van der Waals surface area (Å²) < 4.78 is 83.2. The lowest BCUT2D eigenvalue weighted by Crippen LogP contribution is -2.65. The molecular weight excluding hydrogens is 661 g/mol. The van der Waals surface area contributed by atoms with E-state index in [9.17, 15) is 32.7 Å². The Bertz CT molecular complexity index is 1570. The highest BCUT2D eigenvalue weighted by Crippen LogP contribution is 2.70. The molecule has 276 valence electrons. The third-order valence-corrected chi connectivity index (χ3v) is 11.5. The molecule has 2 fully saturated rings. The van der Waals surface area contributed by atoms with Gasteiger partial charge in [0.2, 0.25) is 0 Å². The number of ketones is 1. The van der Waals surface area contributed by atoms with Gasteiger partial charge in [-0.3, -0.25) is 4.79 Å². The van der Waals surface area contributed by atoms with Crippen molar-refractivity contribution in [1.29, 1.82) is 0 Å². The summed E-state index contributed by atoms with van der Waals surface area (Å²) in [5.74, 6) is -7.80. The van der Waals surface area contributed by atoms with Gasteiger partial charge in [0.05, 0.1) is 0 Å². The maximum absolute atomic E-state index is 15.3. The molecule has 7 nitrogen and oxygen atoms in total. The lowest BCUT2D eigenvalue weighted by atomic mass is 9.50. The van der Waals surface area contributed by atoms with Crippen molar-refractivity contribution in [3.8, 4) is 0 Å². The predicted molar refractivity (Wildman–Crippen MR) is 175 cm³/mol. The van der Waals surface area contributed by atoms with Gasteiger partial charge in [-0.05, 0) is 112 Å². The fourth-order valence-corrected chi connectivity index (χ4v) is 8.96. The summed E-state index contributed by atoms with van der Waals surface area (Å²) >= 11 is 0. The minimum atomic E-state index is -5.92. The molecule has 7 atom stereocenters. The predicted octanol–water partition coefficient (Wildman–Crippen LogP) is 8.67. The molecule has 0 spiro atoms. The van der Waals surface area contributed by atoms with E-state index in [1.807, 2.05) is 0 Å². The molecule has 0 aromatic heterocycles. The maximum atomic E-state index is 15.3. The topological polar surface area (TPSA) is 102 Å². The monoisotopic (exact) mass is 709 g/mol. The Kier molecular flexibility index (Phi) is 9.90. The van der Waals surface area contributed by atoms with Crippen molar-refractivity contribution in [2.24, 2.45) is 23.2 Å². The van der Waals surface area contributed by atoms with E-state index in [0.29, 0.717) is 36.8 Å². The van der Waals surface area contributed by atoms with Crippen molar-refractivity contribution in [1.82, 2.24) is 5.32 Å². The van der Waals surface area contributed by atoms with Crippen LogP contribution >= 0.6 is 0 Å². The number of fused-ring (bicyclic) bond motifs is 4. The Hall–Kier alpha value is -3.28. The van der Waals surface area contributed by atoms with Gasteiger partial charge >= 0.3 is 24.2 Å². The molecule has 0 radical (unpaired) electrons. The average molecular weight is 710 g/mol. The number of hydrogen-bond donors (Lipinski definition) is 2.